The summed E-state index contributed by atoms with van der Waals surface area (Å²) in [5, 5.41) is 9.49. The largest absolute Gasteiger partial charge is 0.464 e. The van der Waals surface area contributed by atoms with Gasteiger partial charge in [-0.25, -0.2) is 8.42 Å². The minimum Gasteiger partial charge on any atom is -0.464 e. The summed E-state index contributed by atoms with van der Waals surface area (Å²) >= 11 is 12.1. The fourth-order valence-corrected chi connectivity index (χ4v) is 6.24. The lowest BCUT2D eigenvalue weighted by molar-refractivity contribution is -0.141. The van der Waals surface area contributed by atoms with E-state index in [0.29, 0.717) is 22.7 Å². The maximum absolute atomic E-state index is 13.7. The Morgan fingerprint density at radius 1 is 1.05 bits per heavy atom. The van der Waals surface area contributed by atoms with Crippen molar-refractivity contribution in [1.82, 2.24) is 14.8 Å². The molecular weight excluding hydrogens is 571 g/mol. The molecule has 0 aliphatic heterocycles. The van der Waals surface area contributed by atoms with Gasteiger partial charge in [-0.15, -0.1) is 10.2 Å². The van der Waals surface area contributed by atoms with Crippen LogP contribution in [0.2, 0.25) is 10.0 Å². The van der Waals surface area contributed by atoms with Crippen LogP contribution < -0.4 is 4.31 Å². The summed E-state index contributed by atoms with van der Waals surface area (Å²) < 4.78 is 47.0. The molecule has 200 valence electrons. The zero-order chi connectivity index (χ0) is 27.4. The molecule has 0 spiro atoms. The third-order valence-corrected chi connectivity index (χ3v) is 8.58. The summed E-state index contributed by atoms with van der Waals surface area (Å²) in [5.41, 5.74) is 0.976. The summed E-state index contributed by atoms with van der Waals surface area (Å²) in [6.07, 6.45) is 4.77. The van der Waals surface area contributed by atoms with Crippen molar-refractivity contribution in [3.63, 3.8) is 0 Å². The summed E-state index contributed by atoms with van der Waals surface area (Å²) in [5.74, 6) is -0.184. The fourth-order valence-electron chi connectivity index (χ4n) is 3.69. The van der Waals surface area contributed by atoms with Crippen LogP contribution in [0, 0.1) is 0 Å². The second-order valence-electron chi connectivity index (χ2n) is 8.30. The standard InChI is InChI=1S/C25H24Cl2N4O5S2/c1-3-4-11-36-25(32)16-31(38(34,35)21-14-18(26)13-19(27)15-21)20-5-6-22-17(12-20)9-10-30(22)23-7-8-24(29-28-23)37(2)33/h5-10,12-15H,3-4,11,16H2,1-2H3. The molecule has 2 heterocycles. The van der Waals surface area contributed by atoms with Gasteiger partial charge >= 0.3 is 5.97 Å². The highest BCUT2D eigenvalue weighted by molar-refractivity contribution is 7.92. The molecule has 0 N–H and O–H groups in total. The fraction of sp³-hybridized carbons (Fsp3) is 0.240. The third kappa shape index (κ3) is 6.17. The molecule has 1 atom stereocenters. The molecule has 38 heavy (non-hydrogen) atoms. The number of esters is 1. The molecule has 2 aromatic carbocycles. The first-order chi connectivity index (χ1) is 18.1. The van der Waals surface area contributed by atoms with Gasteiger partial charge in [-0.05, 0) is 61.0 Å². The SMILES string of the molecule is CCCCOC(=O)CN(c1ccc2c(ccn2-c2ccc(S(C)=O)nn2)c1)S(=O)(=O)c1cc(Cl)cc(Cl)c1. The summed E-state index contributed by atoms with van der Waals surface area (Å²) in [7, 11) is -5.50. The van der Waals surface area contributed by atoms with Gasteiger partial charge in [0.2, 0.25) is 0 Å². The average molecular weight is 596 g/mol. The molecule has 1 unspecified atom stereocenters. The van der Waals surface area contributed by atoms with Gasteiger partial charge in [-0.2, -0.15) is 0 Å². The number of nitrogens with zero attached hydrogens (tertiary/aromatic N) is 4. The van der Waals surface area contributed by atoms with Gasteiger partial charge < -0.3 is 4.74 Å². The molecule has 4 aromatic rings. The number of rotatable bonds is 10. The van der Waals surface area contributed by atoms with Crippen LogP contribution in [-0.4, -0.2) is 52.8 Å². The predicted octanol–water partition coefficient (Wildman–Crippen LogP) is 5.00. The molecular formula is C25H24Cl2N4O5S2. The van der Waals surface area contributed by atoms with Crippen LogP contribution in [0.5, 0.6) is 0 Å². The Morgan fingerprint density at radius 2 is 1.79 bits per heavy atom. The molecule has 0 radical (unpaired) electrons. The van der Waals surface area contributed by atoms with E-state index in [2.05, 4.69) is 10.2 Å². The predicted molar refractivity (Wildman–Crippen MR) is 148 cm³/mol. The molecule has 0 aliphatic rings. The lowest BCUT2D eigenvalue weighted by atomic mass is 10.2. The summed E-state index contributed by atoms with van der Waals surface area (Å²) in [4.78, 5) is 12.5. The van der Waals surface area contributed by atoms with E-state index in [4.69, 9.17) is 27.9 Å². The maximum Gasteiger partial charge on any atom is 0.326 e. The zero-order valence-electron chi connectivity index (χ0n) is 20.5. The van der Waals surface area contributed by atoms with Crippen molar-refractivity contribution in [3.05, 3.63) is 70.8 Å². The Labute approximate surface area is 232 Å². The Kier molecular flexibility index (Phi) is 8.71. The molecule has 0 amide bonds. The molecule has 13 heteroatoms. The van der Waals surface area contributed by atoms with Crippen LogP contribution in [0.1, 0.15) is 19.8 Å². The van der Waals surface area contributed by atoms with E-state index in [9.17, 15) is 17.4 Å². The minimum atomic E-state index is -4.25. The Morgan fingerprint density at radius 3 is 2.42 bits per heavy atom. The summed E-state index contributed by atoms with van der Waals surface area (Å²) in [6.45, 7) is 1.61. The Bertz CT molecular complexity index is 1590. The van der Waals surface area contributed by atoms with Crippen LogP contribution in [0.25, 0.3) is 16.7 Å². The van der Waals surface area contributed by atoms with Crippen LogP contribution in [0.3, 0.4) is 0 Å². The van der Waals surface area contributed by atoms with E-state index < -0.39 is 33.3 Å². The normalized spacial score (nSPS) is 12.4. The van der Waals surface area contributed by atoms with Crippen molar-refractivity contribution in [2.45, 2.75) is 29.7 Å². The van der Waals surface area contributed by atoms with E-state index in [1.165, 1.54) is 24.5 Å². The number of benzene rings is 2. The lowest BCUT2D eigenvalue weighted by Gasteiger charge is -2.24. The highest BCUT2D eigenvalue weighted by atomic mass is 35.5. The smallest absolute Gasteiger partial charge is 0.326 e. The first kappa shape index (κ1) is 28.0. The number of anilines is 1. The topological polar surface area (TPSA) is 111 Å². The minimum absolute atomic E-state index is 0.146. The summed E-state index contributed by atoms with van der Waals surface area (Å²) in [6, 6.07) is 14.0. The number of unbranched alkanes of at least 4 members (excludes halogenated alkanes) is 1. The van der Waals surface area contributed by atoms with Crippen LogP contribution in [0.15, 0.2) is 70.7 Å². The number of hydrogen-bond acceptors (Lipinski definition) is 7. The van der Waals surface area contributed by atoms with Crippen molar-refractivity contribution in [3.8, 4) is 5.82 Å². The van der Waals surface area contributed by atoms with Crippen molar-refractivity contribution >= 4 is 66.6 Å². The number of fused-ring (bicyclic) bond motifs is 1. The number of aromatic nitrogens is 3. The van der Waals surface area contributed by atoms with Crippen molar-refractivity contribution in [2.24, 2.45) is 0 Å². The van der Waals surface area contributed by atoms with Gasteiger partial charge in [0, 0.05) is 27.9 Å². The molecule has 2 aromatic heterocycles. The van der Waals surface area contributed by atoms with Crippen LogP contribution in [0.4, 0.5) is 5.69 Å². The second kappa shape index (κ2) is 11.8. The van der Waals surface area contributed by atoms with Crippen molar-refractivity contribution in [1.29, 1.82) is 0 Å². The van der Waals surface area contributed by atoms with E-state index in [-0.39, 0.29) is 27.2 Å². The molecule has 0 fully saturated rings. The van der Waals surface area contributed by atoms with E-state index in [1.54, 1.807) is 47.2 Å². The molecule has 9 nitrogen and oxygen atoms in total. The molecule has 0 saturated heterocycles. The highest BCUT2D eigenvalue weighted by Gasteiger charge is 2.29. The number of hydrogen-bond donors (Lipinski definition) is 0. The van der Waals surface area contributed by atoms with Crippen LogP contribution in [-0.2, 0) is 30.4 Å². The van der Waals surface area contributed by atoms with Gasteiger partial charge in [0.15, 0.2) is 5.82 Å². The van der Waals surface area contributed by atoms with E-state index in [0.717, 1.165) is 16.2 Å². The van der Waals surface area contributed by atoms with Gasteiger partial charge in [0.1, 0.15) is 11.6 Å². The lowest BCUT2D eigenvalue weighted by Crippen LogP contribution is -2.36. The van der Waals surface area contributed by atoms with Crippen LogP contribution >= 0.6 is 23.2 Å². The van der Waals surface area contributed by atoms with Gasteiger partial charge in [0.25, 0.3) is 10.0 Å². The molecule has 4 rings (SSSR count). The average Bonchev–Trinajstić information content (AvgIpc) is 3.30. The monoisotopic (exact) mass is 594 g/mol. The molecule has 0 saturated carbocycles. The van der Waals surface area contributed by atoms with Crippen molar-refractivity contribution in [2.75, 3.05) is 23.7 Å². The number of halogens is 2. The Hall–Kier alpha value is -2.99. The number of carbonyl (C=O) groups excluding carboxylic acids is 1. The second-order valence-corrected chi connectivity index (χ2v) is 12.4. The number of ether oxygens (including phenoxy) is 1. The zero-order valence-corrected chi connectivity index (χ0v) is 23.6. The first-order valence-corrected chi connectivity index (χ1v) is 15.3. The van der Waals surface area contributed by atoms with Crippen molar-refractivity contribution < 1.29 is 22.2 Å². The van der Waals surface area contributed by atoms with Gasteiger partial charge in [-0.3, -0.25) is 17.9 Å². The third-order valence-electron chi connectivity index (χ3n) is 5.59. The Balaban J connectivity index is 1.74. The quantitative estimate of drug-likeness (QED) is 0.187. The van der Waals surface area contributed by atoms with Gasteiger partial charge in [0.05, 0.1) is 33.5 Å². The number of carbonyl (C=O) groups is 1. The molecule has 0 aliphatic carbocycles. The first-order valence-electron chi connectivity index (χ1n) is 11.5. The maximum atomic E-state index is 13.7. The van der Waals surface area contributed by atoms with E-state index in [1.807, 2.05) is 6.92 Å². The number of sulfonamides is 1. The van der Waals surface area contributed by atoms with E-state index >= 15 is 0 Å². The van der Waals surface area contributed by atoms with Gasteiger partial charge in [-0.1, -0.05) is 36.5 Å². The molecule has 0 bridgehead atoms. The highest BCUT2D eigenvalue weighted by Crippen LogP contribution is 2.31.